The van der Waals surface area contributed by atoms with Crippen molar-refractivity contribution in [3.63, 3.8) is 0 Å². The first-order valence-electron chi connectivity index (χ1n) is 6.67. The number of carboxylic acid groups (broad SMARTS) is 1. The van der Waals surface area contributed by atoms with Crippen molar-refractivity contribution in [1.82, 2.24) is 4.90 Å². The van der Waals surface area contributed by atoms with E-state index in [0.29, 0.717) is 19.4 Å². The zero-order valence-corrected chi connectivity index (χ0v) is 11.6. The lowest BCUT2D eigenvalue weighted by molar-refractivity contribution is -0.385. The molecule has 21 heavy (non-hydrogen) atoms. The summed E-state index contributed by atoms with van der Waals surface area (Å²) in [5, 5.41) is 20.3. The number of para-hydroxylation sites is 1. The topological polar surface area (TPSA) is 101 Å². The third-order valence-electron chi connectivity index (χ3n) is 4.10. The van der Waals surface area contributed by atoms with Gasteiger partial charge in [0.05, 0.1) is 10.3 Å². The maximum atomic E-state index is 12.4. The number of carbonyl (C=O) groups excluding carboxylic acids is 1. The van der Waals surface area contributed by atoms with Crippen molar-refractivity contribution in [2.45, 2.75) is 19.8 Å². The zero-order chi connectivity index (χ0) is 15.6. The number of hydrogen-bond donors (Lipinski definition) is 1. The molecule has 2 rings (SSSR count). The monoisotopic (exact) mass is 292 g/mol. The second-order valence-corrected chi connectivity index (χ2v) is 5.19. The van der Waals surface area contributed by atoms with Crippen LogP contribution in [-0.4, -0.2) is 39.9 Å². The van der Waals surface area contributed by atoms with E-state index < -0.39 is 22.2 Å². The summed E-state index contributed by atoms with van der Waals surface area (Å²) in [5.41, 5.74) is -1.20. The summed E-state index contributed by atoms with van der Waals surface area (Å²) in [6.07, 6.45) is 0.786. The van der Waals surface area contributed by atoms with Gasteiger partial charge in [0.25, 0.3) is 11.6 Å². The number of hydrogen-bond acceptors (Lipinski definition) is 4. The fourth-order valence-corrected chi connectivity index (χ4v) is 2.64. The Balaban J connectivity index is 2.27. The molecule has 0 aromatic heterocycles. The predicted octanol–water partition coefficient (Wildman–Crippen LogP) is 1.92. The summed E-state index contributed by atoms with van der Waals surface area (Å²) in [7, 11) is 0. The Kier molecular flexibility index (Phi) is 3.93. The molecule has 7 heteroatoms. The molecule has 1 N–H and O–H groups in total. The Labute approximate surface area is 121 Å². The molecule has 0 saturated carbocycles. The van der Waals surface area contributed by atoms with E-state index >= 15 is 0 Å². The Hall–Kier alpha value is -2.44. The average molecular weight is 292 g/mol. The number of aliphatic carboxylic acids is 1. The summed E-state index contributed by atoms with van der Waals surface area (Å²) >= 11 is 0. The number of carboxylic acids is 1. The second kappa shape index (κ2) is 5.51. The number of benzene rings is 1. The SMILES string of the molecule is CCC1(C(=O)O)CCN(C(=O)c2ccccc2[N+](=O)[O-])C1. The molecule has 1 fully saturated rings. The van der Waals surface area contributed by atoms with Crippen molar-refractivity contribution in [1.29, 1.82) is 0 Å². The van der Waals surface area contributed by atoms with E-state index in [0.717, 1.165) is 0 Å². The van der Waals surface area contributed by atoms with E-state index in [1.807, 2.05) is 0 Å². The largest absolute Gasteiger partial charge is 0.481 e. The van der Waals surface area contributed by atoms with Gasteiger partial charge in [0.2, 0.25) is 0 Å². The quantitative estimate of drug-likeness (QED) is 0.675. The summed E-state index contributed by atoms with van der Waals surface area (Å²) in [5.74, 6) is -1.42. The summed E-state index contributed by atoms with van der Waals surface area (Å²) in [6, 6.07) is 5.72. The molecule has 1 aliphatic rings. The van der Waals surface area contributed by atoms with Crippen LogP contribution in [0.1, 0.15) is 30.1 Å². The van der Waals surface area contributed by atoms with Gasteiger partial charge in [-0.3, -0.25) is 19.7 Å². The minimum absolute atomic E-state index is 0.000193. The number of rotatable bonds is 4. The van der Waals surface area contributed by atoms with Crippen LogP contribution in [0, 0.1) is 15.5 Å². The average Bonchev–Trinajstić information content (AvgIpc) is 2.92. The van der Waals surface area contributed by atoms with Crippen LogP contribution >= 0.6 is 0 Å². The van der Waals surface area contributed by atoms with E-state index in [-0.39, 0.29) is 17.8 Å². The highest BCUT2D eigenvalue weighted by molar-refractivity contribution is 5.98. The van der Waals surface area contributed by atoms with Crippen LogP contribution in [-0.2, 0) is 4.79 Å². The van der Waals surface area contributed by atoms with Crippen molar-refractivity contribution >= 4 is 17.6 Å². The van der Waals surface area contributed by atoms with E-state index in [4.69, 9.17) is 0 Å². The molecule has 1 unspecified atom stereocenters. The van der Waals surface area contributed by atoms with Crippen LogP contribution in [0.3, 0.4) is 0 Å². The lowest BCUT2D eigenvalue weighted by atomic mass is 9.84. The first-order chi connectivity index (χ1) is 9.91. The molecular weight excluding hydrogens is 276 g/mol. The number of nitrogens with zero attached hydrogens (tertiary/aromatic N) is 2. The maximum absolute atomic E-state index is 12.4. The van der Waals surface area contributed by atoms with Crippen molar-refractivity contribution in [2.75, 3.05) is 13.1 Å². The minimum Gasteiger partial charge on any atom is -0.481 e. The summed E-state index contributed by atoms with van der Waals surface area (Å²) < 4.78 is 0. The van der Waals surface area contributed by atoms with Crippen LogP contribution in [0.4, 0.5) is 5.69 Å². The molecule has 1 atom stereocenters. The van der Waals surface area contributed by atoms with Gasteiger partial charge in [0.15, 0.2) is 0 Å². The van der Waals surface area contributed by atoms with Gasteiger partial charge in [0, 0.05) is 19.2 Å². The van der Waals surface area contributed by atoms with E-state index in [1.54, 1.807) is 13.0 Å². The fraction of sp³-hybridized carbons (Fsp3) is 0.429. The van der Waals surface area contributed by atoms with Crippen LogP contribution in [0.15, 0.2) is 24.3 Å². The molecule has 1 amide bonds. The molecule has 7 nitrogen and oxygen atoms in total. The van der Waals surface area contributed by atoms with Gasteiger partial charge in [-0.15, -0.1) is 0 Å². The predicted molar refractivity (Wildman–Crippen MR) is 74.0 cm³/mol. The standard InChI is InChI=1S/C14H16N2O5/c1-2-14(13(18)19)7-8-15(9-14)12(17)10-5-3-4-6-11(10)16(20)21/h3-6H,2,7-9H2,1H3,(H,18,19). The normalized spacial score (nSPS) is 21.3. The summed E-state index contributed by atoms with van der Waals surface area (Å²) in [4.78, 5) is 35.6. The molecule has 0 spiro atoms. The van der Waals surface area contributed by atoms with E-state index in [9.17, 15) is 24.8 Å². The van der Waals surface area contributed by atoms with Gasteiger partial charge in [0.1, 0.15) is 5.56 Å². The van der Waals surface area contributed by atoms with Crippen molar-refractivity contribution in [3.05, 3.63) is 39.9 Å². The molecule has 1 saturated heterocycles. The number of carbonyl (C=O) groups is 2. The van der Waals surface area contributed by atoms with Gasteiger partial charge in [-0.05, 0) is 18.9 Å². The maximum Gasteiger partial charge on any atom is 0.311 e. The number of likely N-dealkylation sites (tertiary alicyclic amines) is 1. The van der Waals surface area contributed by atoms with E-state index in [2.05, 4.69) is 0 Å². The first-order valence-corrected chi connectivity index (χ1v) is 6.67. The molecule has 0 aliphatic carbocycles. The molecule has 1 heterocycles. The highest BCUT2D eigenvalue weighted by Crippen LogP contribution is 2.35. The van der Waals surface area contributed by atoms with Crippen LogP contribution < -0.4 is 0 Å². The van der Waals surface area contributed by atoms with E-state index in [1.165, 1.54) is 23.1 Å². The van der Waals surface area contributed by atoms with Gasteiger partial charge < -0.3 is 10.0 Å². The zero-order valence-electron chi connectivity index (χ0n) is 11.6. The van der Waals surface area contributed by atoms with Crippen LogP contribution in [0.2, 0.25) is 0 Å². The van der Waals surface area contributed by atoms with Crippen LogP contribution in [0.5, 0.6) is 0 Å². The van der Waals surface area contributed by atoms with Crippen LogP contribution in [0.25, 0.3) is 0 Å². The molecular formula is C14H16N2O5. The lowest BCUT2D eigenvalue weighted by Crippen LogP contribution is -2.36. The number of nitro groups is 1. The fourth-order valence-electron chi connectivity index (χ4n) is 2.64. The minimum atomic E-state index is -0.945. The second-order valence-electron chi connectivity index (χ2n) is 5.19. The molecule has 1 aromatic rings. The highest BCUT2D eigenvalue weighted by atomic mass is 16.6. The molecule has 112 valence electrons. The summed E-state index contributed by atoms with van der Waals surface area (Å²) in [6.45, 7) is 2.15. The lowest BCUT2D eigenvalue weighted by Gasteiger charge is -2.23. The van der Waals surface area contributed by atoms with Crippen molar-refractivity contribution in [2.24, 2.45) is 5.41 Å². The number of nitro benzene ring substituents is 1. The highest BCUT2D eigenvalue weighted by Gasteiger charge is 2.45. The Morgan fingerprint density at radius 3 is 2.62 bits per heavy atom. The van der Waals surface area contributed by atoms with Crippen molar-refractivity contribution < 1.29 is 19.6 Å². The van der Waals surface area contributed by atoms with Gasteiger partial charge in [-0.25, -0.2) is 0 Å². The van der Waals surface area contributed by atoms with Gasteiger partial charge >= 0.3 is 5.97 Å². The molecule has 1 aliphatic heterocycles. The Morgan fingerprint density at radius 2 is 2.10 bits per heavy atom. The Bertz CT molecular complexity index is 601. The van der Waals surface area contributed by atoms with Crippen molar-refractivity contribution in [3.8, 4) is 0 Å². The number of amides is 1. The molecule has 0 bridgehead atoms. The molecule has 1 aromatic carbocycles. The van der Waals surface area contributed by atoms with Gasteiger partial charge in [-0.1, -0.05) is 19.1 Å². The Morgan fingerprint density at radius 1 is 1.43 bits per heavy atom. The third-order valence-corrected chi connectivity index (χ3v) is 4.10. The molecule has 0 radical (unpaired) electrons. The third kappa shape index (κ3) is 2.58. The van der Waals surface area contributed by atoms with Gasteiger partial charge in [-0.2, -0.15) is 0 Å². The smallest absolute Gasteiger partial charge is 0.311 e. The first kappa shape index (κ1) is 15.0.